The van der Waals surface area contributed by atoms with Gasteiger partial charge in [0.1, 0.15) is 11.3 Å². The summed E-state index contributed by atoms with van der Waals surface area (Å²) in [5, 5.41) is 2.56. The van der Waals surface area contributed by atoms with Crippen LogP contribution in [0.2, 0.25) is 0 Å². The topological polar surface area (TPSA) is 100 Å². The highest BCUT2D eigenvalue weighted by Gasteiger charge is 2.20. The fourth-order valence-corrected chi connectivity index (χ4v) is 2.48. The first-order valence-corrected chi connectivity index (χ1v) is 8.28. The Bertz CT molecular complexity index is 892. The van der Waals surface area contributed by atoms with Gasteiger partial charge in [0, 0.05) is 17.7 Å². The van der Waals surface area contributed by atoms with E-state index < -0.39 is 18.5 Å². The van der Waals surface area contributed by atoms with E-state index in [1.54, 1.807) is 24.3 Å². The molecule has 1 amide bonds. The highest BCUT2D eigenvalue weighted by Crippen LogP contribution is 2.34. The van der Waals surface area contributed by atoms with Crippen LogP contribution in [0.3, 0.4) is 0 Å². The van der Waals surface area contributed by atoms with Crippen molar-refractivity contribution in [3.8, 4) is 17.2 Å². The minimum Gasteiger partial charge on any atom is -0.496 e. The number of para-hydroxylation sites is 1. The third kappa shape index (κ3) is 4.79. The highest BCUT2D eigenvalue weighted by atomic mass is 16.5. The number of amides is 1. The van der Waals surface area contributed by atoms with Gasteiger partial charge in [-0.3, -0.25) is 9.59 Å². The van der Waals surface area contributed by atoms with Crippen LogP contribution in [0, 0.1) is 0 Å². The molecule has 8 nitrogen and oxygen atoms in total. The van der Waals surface area contributed by atoms with E-state index in [9.17, 15) is 14.4 Å². The second-order valence-electron chi connectivity index (χ2n) is 5.63. The number of carbonyl (C=O) groups is 3. The molecule has 2 aromatic rings. The molecule has 0 aliphatic carbocycles. The molecule has 2 aromatic carbocycles. The number of anilines is 1. The molecule has 0 heterocycles. The Morgan fingerprint density at radius 1 is 0.857 bits per heavy atom. The van der Waals surface area contributed by atoms with E-state index in [-0.39, 0.29) is 17.1 Å². The Morgan fingerprint density at radius 3 is 2.07 bits per heavy atom. The van der Waals surface area contributed by atoms with Crippen LogP contribution in [0.4, 0.5) is 5.69 Å². The van der Waals surface area contributed by atoms with Gasteiger partial charge in [0.15, 0.2) is 23.9 Å². The van der Waals surface area contributed by atoms with Crippen LogP contribution in [0.25, 0.3) is 0 Å². The summed E-state index contributed by atoms with van der Waals surface area (Å²) < 4.78 is 20.6. The van der Waals surface area contributed by atoms with Crippen LogP contribution in [0.1, 0.15) is 27.6 Å². The van der Waals surface area contributed by atoms with Gasteiger partial charge in [0.2, 0.25) is 0 Å². The molecule has 0 radical (unpaired) electrons. The van der Waals surface area contributed by atoms with Crippen LogP contribution in [-0.4, -0.2) is 45.6 Å². The molecular weight excluding hydrogens is 366 g/mol. The monoisotopic (exact) mass is 387 g/mol. The number of hydrogen-bond donors (Lipinski definition) is 1. The van der Waals surface area contributed by atoms with Gasteiger partial charge in [-0.15, -0.1) is 0 Å². The SMILES string of the molecule is COc1cc(OC)c(C(=O)OCC(=O)Nc2ccccc2C(C)=O)cc1OC. The van der Waals surface area contributed by atoms with Gasteiger partial charge >= 0.3 is 5.97 Å². The first-order chi connectivity index (χ1) is 13.4. The number of carbonyl (C=O) groups excluding carboxylic acids is 3. The van der Waals surface area contributed by atoms with E-state index in [0.717, 1.165) is 0 Å². The molecule has 0 saturated carbocycles. The third-order valence-corrected chi connectivity index (χ3v) is 3.84. The molecule has 0 fully saturated rings. The molecule has 0 spiro atoms. The zero-order valence-electron chi connectivity index (χ0n) is 16.0. The molecule has 0 unspecified atom stereocenters. The summed E-state index contributed by atoms with van der Waals surface area (Å²) in [6.07, 6.45) is 0. The maximum absolute atomic E-state index is 12.4. The standard InChI is InChI=1S/C20H21NO7/c1-12(22)13-7-5-6-8-15(13)21-19(23)11-28-20(24)14-9-17(26-3)18(27-4)10-16(14)25-2/h5-10H,11H2,1-4H3,(H,21,23). The van der Waals surface area contributed by atoms with Gasteiger partial charge in [0.25, 0.3) is 5.91 Å². The molecule has 0 aromatic heterocycles. The zero-order chi connectivity index (χ0) is 20.7. The van der Waals surface area contributed by atoms with Gasteiger partial charge < -0.3 is 24.3 Å². The van der Waals surface area contributed by atoms with E-state index in [2.05, 4.69) is 5.32 Å². The van der Waals surface area contributed by atoms with E-state index in [1.165, 1.54) is 40.4 Å². The van der Waals surface area contributed by atoms with Crippen LogP contribution in [0.15, 0.2) is 36.4 Å². The van der Waals surface area contributed by atoms with E-state index in [4.69, 9.17) is 18.9 Å². The zero-order valence-corrected chi connectivity index (χ0v) is 16.0. The maximum atomic E-state index is 12.4. The fourth-order valence-electron chi connectivity index (χ4n) is 2.48. The fraction of sp³-hybridized carbons (Fsp3) is 0.250. The summed E-state index contributed by atoms with van der Waals surface area (Å²) in [5.74, 6) is -0.633. The Kier molecular flexibility index (Phi) is 6.97. The van der Waals surface area contributed by atoms with Gasteiger partial charge in [-0.1, -0.05) is 12.1 Å². The van der Waals surface area contributed by atoms with Gasteiger partial charge in [-0.2, -0.15) is 0 Å². The maximum Gasteiger partial charge on any atom is 0.342 e. The summed E-state index contributed by atoms with van der Waals surface area (Å²) in [7, 11) is 4.28. The third-order valence-electron chi connectivity index (χ3n) is 3.84. The van der Waals surface area contributed by atoms with Gasteiger partial charge in [0.05, 0.1) is 27.0 Å². The molecule has 8 heteroatoms. The molecule has 148 valence electrons. The average molecular weight is 387 g/mol. The quantitative estimate of drug-likeness (QED) is 0.549. The van der Waals surface area contributed by atoms with Crippen molar-refractivity contribution < 1.29 is 33.3 Å². The summed E-state index contributed by atoms with van der Waals surface area (Å²) in [6, 6.07) is 9.45. The van der Waals surface area contributed by atoms with Crippen molar-refractivity contribution in [3.63, 3.8) is 0 Å². The summed E-state index contributed by atoms with van der Waals surface area (Å²) in [6.45, 7) is 0.858. The van der Waals surface area contributed by atoms with Gasteiger partial charge in [-0.05, 0) is 19.1 Å². The molecule has 0 bridgehead atoms. The molecule has 2 rings (SSSR count). The number of esters is 1. The molecule has 0 saturated heterocycles. The second kappa shape index (κ2) is 9.40. The summed E-state index contributed by atoms with van der Waals surface area (Å²) in [4.78, 5) is 36.1. The second-order valence-corrected chi connectivity index (χ2v) is 5.63. The normalized spacial score (nSPS) is 10.0. The van der Waals surface area contributed by atoms with E-state index in [1.807, 2.05) is 0 Å². The lowest BCUT2D eigenvalue weighted by atomic mass is 10.1. The number of benzene rings is 2. The Morgan fingerprint density at radius 2 is 1.46 bits per heavy atom. The van der Waals surface area contributed by atoms with Crippen LogP contribution >= 0.6 is 0 Å². The van der Waals surface area contributed by atoms with Crippen molar-refractivity contribution in [2.24, 2.45) is 0 Å². The van der Waals surface area contributed by atoms with E-state index >= 15 is 0 Å². The molecular formula is C20H21NO7. The number of methoxy groups -OCH3 is 3. The van der Waals surface area contributed by atoms with Crippen molar-refractivity contribution in [1.29, 1.82) is 0 Å². The molecule has 1 N–H and O–H groups in total. The molecule has 0 aliphatic rings. The summed E-state index contributed by atoms with van der Waals surface area (Å²) in [5.41, 5.74) is 0.792. The van der Waals surface area contributed by atoms with Crippen LogP contribution < -0.4 is 19.5 Å². The van der Waals surface area contributed by atoms with Crippen molar-refractivity contribution in [1.82, 2.24) is 0 Å². The van der Waals surface area contributed by atoms with E-state index in [0.29, 0.717) is 22.7 Å². The van der Waals surface area contributed by atoms with Crippen molar-refractivity contribution >= 4 is 23.3 Å². The number of rotatable bonds is 8. The number of hydrogen-bond acceptors (Lipinski definition) is 7. The van der Waals surface area contributed by atoms with Crippen LogP contribution in [-0.2, 0) is 9.53 Å². The minimum absolute atomic E-state index is 0.0806. The largest absolute Gasteiger partial charge is 0.496 e. The first kappa shape index (κ1) is 20.8. The highest BCUT2D eigenvalue weighted by molar-refractivity contribution is 6.04. The Hall–Kier alpha value is -3.55. The van der Waals surface area contributed by atoms with Crippen molar-refractivity contribution in [3.05, 3.63) is 47.5 Å². The summed E-state index contributed by atoms with van der Waals surface area (Å²) >= 11 is 0. The molecule has 0 aliphatic heterocycles. The Balaban J connectivity index is 2.10. The predicted molar refractivity (Wildman–Crippen MR) is 101 cm³/mol. The number of Topliss-reactive ketones (excluding diaryl/α,β-unsaturated/α-hetero) is 1. The molecule has 0 atom stereocenters. The lowest BCUT2D eigenvalue weighted by Gasteiger charge is -2.14. The lowest BCUT2D eigenvalue weighted by molar-refractivity contribution is -0.119. The average Bonchev–Trinajstić information content (AvgIpc) is 2.71. The number of ketones is 1. The first-order valence-electron chi connectivity index (χ1n) is 8.28. The van der Waals surface area contributed by atoms with Crippen LogP contribution in [0.5, 0.6) is 17.2 Å². The van der Waals surface area contributed by atoms with Crippen molar-refractivity contribution in [2.75, 3.05) is 33.3 Å². The van der Waals surface area contributed by atoms with Crippen molar-refractivity contribution in [2.45, 2.75) is 6.92 Å². The number of ether oxygens (including phenoxy) is 4. The molecule has 28 heavy (non-hydrogen) atoms. The van der Waals surface area contributed by atoms with Gasteiger partial charge in [-0.25, -0.2) is 4.79 Å². The minimum atomic E-state index is -0.771. The number of nitrogens with one attached hydrogen (secondary N) is 1. The smallest absolute Gasteiger partial charge is 0.342 e. The lowest BCUT2D eigenvalue weighted by Crippen LogP contribution is -2.22. The predicted octanol–water partition coefficient (Wildman–Crippen LogP) is 2.71. The Labute approximate surface area is 162 Å².